The van der Waals surface area contributed by atoms with Gasteiger partial charge in [0.2, 0.25) is 0 Å². The van der Waals surface area contributed by atoms with Gasteiger partial charge in [-0.2, -0.15) is 5.26 Å². The molecule has 0 heterocycles. The van der Waals surface area contributed by atoms with Crippen molar-refractivity contribution < 1.29 is 4.74 Å². The van der Waals surface area contributed by atoms with Gasteiger partial charge in [-0.05, 0) is 43.4 Å². The van der Waals surface area contributed by atoms with Crippen molar-refractivity contribution in [3.63, 3.8) is 0 Å². The molecule has 20 heavy (non-hydrogen) atoms. The highest BCUT2D eigenvalue weighted by Gasteiger charge is 2.24. The summed E-state index contributed by atoms with van der Waals surface area (Å²) >= 11 is 0. The van der Waals surface area contributed by atoms with Gasteiger partial charge in [0.1, 0.15) is 11.8 Å². The second-order valence-corrected chi connectivity index (χ2v) is 7.07. The van der Waals surface area contributed by atoms with E-state index < -0.39 is 0 Å². The van der Waals surface area contributed by atoms with E-state index in [1.54, 1.807) is 0 Å². The predicted octanol–water partition coefficient (Wildman–Crippen LogP) is 3.89. The van der Waals surface area contributed by atoms with E-state index in [2.05, 4.69) is 39.9 Å². The summed E-state index contributed by atoms with van der Waals surface area (Å²) in [5, 5.41) is 12.1. The predicted molar refractivity (Wildman–Crippen MR) is 82.5 cm³/mol. The number of nitrogens with zero attached hydrogens (tertiary/aromatic N) is 1. The molecule has 1 rings (SSSR count). The quantitative estimate of drug-likeness (QED) is 0.856. The van der Waals surface area contributed by atoms with Crippen LogP contribution in [0.2, 0.25) is 0 Å². The van der Waals surface area contributed by atoms with E-state index in [1.165, 1.54) is 5.56 Å². The Balaban J connectivity index is 2.51. The van der Waals surface area contributed by atoms with Crippen molar-refractivity contribution in [3.05, 3.63) is 29.8 Å². The van der Waals surface area contributed by atoms with Gasteiger partial charge in [-0.15, -0.1) is 0 Å². The number of benzene rings is 1. The minimum Gasteiger partial charge on any atom is -0.479 e. The summed E-state index contributed by atoms with van der Waals surface area (Å²) in [6.07, 6.45) is 1.11. The van der Waals surface area contributed by atoms with Crippen molar-refractivity contribution in [2.24, 2.45) is 5.41 Å². The van der Waals surface area contributed by atoms with Crippen molar-refractivity contribution in [3.8, 4) is 11.8 Å². The average Bonchev–Trinajstić information content (AvgIpc) is 2.32. The Hall–Kier alpha value is -1.53. The molecule has 0 spiro atoms. The minimum absolute atomic E-state index is 0.0935. The summed E-state index contributed by atoms with van der Waals surface area (Å²) in [5.41, 5.74) is 1.64. The Morgan fingerprint density at radius 3 is 2.20 bits per heavy atom. The van der Waals surface area contributed by atoms with Crippen LogP contribution in [0.25, 0.3) is 0 Å². The molecule has 0 amide bonds. The number of hydrogen-bond donors (Lipinski definition) is 1. The van der Waals surface area contributed by atoms with Crippen LogP contribution in [0.15, 0.2) is 24.3 Å². The number of rotatable bonds is 6. The van der Waals surface area contributed by atoms with Gasteiger partial charge in [0.15, 0.2) is 6.61 Å². The van der Waals surface area contributed by atoms with E-state index in [0.717, 1.165) is 18.7 Å². The first-order chi connectivity index (χ1) is 9.22. The van der Waals surface area contributed by atoms with Gasteiger partial charge >= 0.3 is 0 Å². The molecule has 1 aromatic carbocycles. The number of nitriles is 1. The minimum atomic E-state index is 0.0935. The summed E-state index contributed by atoms with van der Waals surface area (Å²) in [6, 6.07) is 9.85. The van der Waals surface area contributed by atoms with Crippen LogP contribution in [0, 0.1) is 16.7 Å². The molecule has 0 bridgehead atoms. The zero-order chi connectivity index (χ0) is 15.2. The van der Waals surface area contributed by atoms with E-state index in [9.17, 15) is 0 Å². The fraction of sp³-hybridized carbons (Fsp3) is 0.588. The molecule has 3 heteroatoms. The van der Waals surface area contributed by atoms with E-state index in [-0.39, 0.29) is 12.1 Å². The maximum atomic E-state index is 8.46. The summed E-state index contributed by atoms with van der Waals surface area (Å²) in [4.78, 5) is 0. The van der Waals surface area contributed by atoms with Crippen LogP contribution in [0.4, 0.5) is 0 Å². The Morgan fingerprint density at radius 2 is 1.70 bits per heavy atom. The van der Waals surface area contributed by atoms with Crippen LogP contribution in [0.5, 0.6) is 5.75 Å². The molecule has 1 aromatic rings. The average molecular weight is 274 g/mol. The van der Waals surface area contributed by atoms with Gasteiger partial charge in [0.25, 0.3) is 0 Å². The first-order valence-corrected chi connectivity index (χ1v) is 7.06. The largest absolute Gasteiger partial charge is 0.479 e. The van der Waals surface area contributed by atoms with E-state index >= 15 is 0 Å². The molecular formula is C17H26N2O. The van der Waals surface area contributed by atoms with Gasteiger partial charge in [-0.1, -0.05) is 32.9 Å². The molecule has 3 nitrogen and oxygen atoms in total. The molecule has 0 saturated heterocycles. The second-order valence-electron chi connectivity index (χ2n) is 7.07. The van der Waals surface area contributed by atoms with Crippen molar-refractivity contribution in [1.29, 1.82) is 5.26 Å². The molecule has 0 aliphatic rings. The number of hydrogen-bond acceptors (Lipinski definition) is 3. The van der Waals surface area contributed by atoms with Crippen LogP contribution >= 0.6 is 0 Å². The van der Waals surface area contributed by atoms with Crippen molar-refractivity contribution in [2.45, 2.75) is 53.1 Å². The lowest BCUT2D eigenvalue weighted by atomic mass is 9.82. The second kappa shape index (κ2) is 6.76. The summed E-state index contributed by atoms with van der Waals surface area (Å²) in [6.45, 7) is 12.2. The third-order valence-electron chi connectivity index (χ3n) is 2.97. The van der Waals surface area contributed by atoms with Gasteiger partial charge in [0.05, 0.1) is 0 Å². The Labute approximate surface area is 123 Å². The van der Waals surface area contributed by atoms with E-state index in [4.69, 9.17) is 10.00 Å². The van der Waals surface area contributed by atoms with Gasteiger partial charge in [0, 0.05) is 12.1 Å². The maximum Gasteiger partial charge on any atom is 0.174 e. The molecule has 0 saturated carbocycles. The summed E-state index contributed by atoms with van der Waals surface area (Å²) in [5.74, 6) is 0.740. The molecule has 0 atom stereocenters. The first-order valence-electron chi connectivity index (χ1n) is 7.06. The molecule has 0 radical (unpaired) electrons. The first kappa shape index (κ1) is 16.5. The highest BCUT2D eigenvalue weighted by molar-refractivity contribution is 5.27. The SMILES string of the molecule is CC(C)(C)CC(C)(C)NCc1ccc(OCC#N)cc1. The fourth-order valence-electron chi connectivity index (χ4n) is 2.55. The third kappa shape index (κ3) is 6.58. The van der Waals surface area contributed by atoms with Crippen LogP contribution in [0.1, 0.15) is 46.6 Å². The van der Waals surface area contributed by atoms with Crippen LogP contribution in [-0.4, -0.2) is 12.1 Å². The topological polar surface area (TPSA) is 45.0 Å². The molecule has 0 aliphatic carbocycles. The van der Waals surface area contributed by atoms with E-state index in [1.807, 2.05) is 30.3 Å². The molecule has 0 unspecified atom stereocenters. The number of nitrogens with one attached hydrogen (secondary N) is 1. The normalized spacial score (nSPS) is 12.0. The Kier molecular flexibility index (Phi) is 5.59. The van der Waals surface area contributed by atoms with Gasteiger partial charge in [-0.3, -0.25) is 0 Å². The molecule has 1 N–H and O–H groups in total. The highest BCUT2D eigenvalue weighted by Crippen LogP contribution is 2.27. The van der Waals surface area contributed by atoms with Crippen LogP contribution in [-0.2, 0) is 6.54 Å². The number of ether oxygens (including phenoxy) is 1. The highest BCUT2D eigenvalue weighted by atomic mass is 16.5. The van der Waals surface area contributed by atoms with Gasteiger partial charge < -0.3 is 10.1 Å². The van der Waals surface area contributed by atoms with Crippen LogP contribution < -0.4 is 10.1 Å². The lowest BCUT2D eigenvalue weighted by Crippen LogP contribution is -2.41. The van der Waals surface area contributed by atoms with Crippen LogP contribution in [0.3, 0.4) is 0 Å². The summed E-state index contributed by atoms with van der Waals surface area (Å²) in [7, 11) is 0. The zero-order valence-corrected chi connectivity index (χ0v) is 13.3. The summed E-state index contributed by atoms with van der Waals surface area (Å²) < 4.78 is 5.24. The Bertz CT molecular complexity index is 449. The zero-order valence-electron chi connectivity index (χ0n) is 13.3. The molecule has 110 valence electrons. The lowest BCUT2D eigenvalue weighted by Gasteiger charge is -2.33. The smallest absolute Gasteiger partial charge is 0.174 e. The standard InChI is InChI=1S/C17H26N2O/c1-16(2,3)13-17(4,5)19-12-14-6-8-15(9-7-14)20-11-10-18/h6-9,19H,11-13H2,1-5H3. The van der Waals surface area contributed by atoms with Crippen molar-refractivity contribution in [2.75, 3.05) is 6.61 Å². The molecule has 0 aromatic heterocycles. The molecule has 0 aliphatic heterocycles. The van der Waals surface area contributed by atoms with Crippen molar-refractivity contribution in [1.82, 2.24) is 5.32 Å². The fourth-order valence-corrected chi connectivity index (χ4v) is 2.55. The Morgan fingerprint density at radius 1 is 1.10 bits per heavy atom. The van der Waals surface area contributed by atoms with E-state index in [0.29, 0.717) is 5.41 Å². The van der Waals surface area contributed by atoms with Crippen molar-refractivity contribution >= 4 is 0 Å². The molecular weight excluding hydrogens is 248 g/mol. The molecule has 0 fully saturated rings. The monoisotopic (exact) mass is 274 g/mol. The third-order valence-corrected chi connectivity index (χ3v) is 2.97. The maximum absolute atomic E-state index is 8.46. The lowest BCUT2D eigenvalue weighted by molar-refractivity contribution is 0.240. The van der Waals surface area contributed by atoms with Gasteiger partial charge in [-0.25, -0.2) is 0 Å².